The van der Waals surface area contributed by atoms with Gasteiger partial charge in [-0.15, -0.1) is 0 Å². The predicted molar refractivity (Wildman–Crippen MR) is 84.6 cm³/mol. The predicted octanol–water partition coefficient (Wildman–Crippen LogP) is 3.78. The Labute approximate surface area is 120 Å². The van der Waals surface area contributed by atoms with Gasteiger partial charge < -0.3 is 10.6 Å². The van der Waals surface area contributed by atoms with E-state index >= 15 is 0 Å². The van der Waals surface area contributed by atoms with Gasteiger partial charge >= 0.3 is 0 Å². The normalized spacial score (nSPS) is 10.1. The Hall–Kier alpha value is -2.29. The highest BCUT2D eigenvalue weighted by atomic mass is 16.1. The van der Waals surface area contributed by atoms with Gasteiger partial charge in [-0.25, -0.2) is 0 Å². The first-order chi connectivity index (χ1) is 9.74. The molecule has 2 aromatic rings. The SMILES string of the molecule is CCNc1ccc(C(=O)c2ccc(NCC)cc2)cc1. The minimum Gasteiger partial charge on any atom is -0.385 e. The lowest BCUT2D eigenvalue weighted by Gasteiger charge is -2.06. The quantitative estimate of drug-likeness (QED) is 0.783. The van der Waals surface area contributed by atoms with Gasteiger partial charge in [0.05, 0.1) is 0 Å². The maximum absolute atomic E-state index is 12.3. The van der Waals surface area contributed by atoms with Gasteiger partial charge in [0.2, 0.25) is 0 Å². The molecule has 0 aliphatic rings. The van der Waals surface area contributed by atoms with E-state index in [-0.39, 0.29) is 5.78 Å². The van der Waals surface area contributed by atoms with Gasteiger partial charge in [0, 0.05) is 35.6 Å². The van der Waals surface area contributed by atoms with E-state index in [2.05, 4.69) is 10.6 Å². The topological polar surface area (TPSA) is 41.1 Å². The smallest absolute Gasteiger partial charge is 0.193 e. The van der Waals surface area contributed by atoms with Gasteiger partial charge in [0.15, 0.2) is 5.78 Å². The lowest BCUT2D eigenvalue weighted by molar-refractivity contribution is 0.103. The van der Waals surface area contributed by atoms with Gasteiger partial charge in [-0.2, -0.15) is 0 Å². The number of carbonyl (C=O) groups is 1. The zero-order valence-corrected chi connectivity index (χ0v) is 11.9. The van der Waals surface area contributed by atoms with Gasteiger partial charge in [-0.1, -0.05) is 0 Å². The van der Waals surface area contributed by atoms with Gasteiger partial charge in [-0.05, 0) is 62.4 Å². The highest BCUT2D eigenvalue weighted by molar-refractivity contribution is 6.09. The molecule has 0 aliphatic heterocycles. The molecule has 2 N–H and O–H groups in total. The summed E-state index contributed by atoms with van der Waals surface area (Å²) in [6.45, 7) is 5.84. The Morgan fingerprint density at radius 1 is 0.750 bits per heavy atom. The Morgan fingerprint density at radius 2 is 1.10 bits per heavy atom. The molecule has 3 heteroatoms. The molecule has 0 radical (unpaired) electrons. The van der Waals surface area contributed by atoms with Crippen molar-refractivity contribution in [2.75, 3.05) is 23.7 Å². The maximum Gasteiger partial charge on any atom is 0.193 e. The molecule has 0 aliphatic carbocycles. The molecule has 0 aromatic heterocycles. The molecule has 2 rings (SSSR count). The minimum absolute atomic E-state index is 0.0519. The second-order valence-electron chi connectivity index (χ2n) is 4.54. The molecule has 104 valence electrons. The van der Waals surface area contributed by atoms with Crippen LogP contribution in [0.5, 0.6) is 0 Å². The van der Waals surface area contributed by atoms with Crippen LogP contribution in [0.2, 0.25) is 0 Å². The standard InChI is InChI=1S/C17H20N2O/c1-3-18-15-9-5-13(6-10-15)17(20)14-7-11-16(12-8-14)19-4-2/h5-12,18-19H,3-4H2,1-2H3. The fourth-order valence-corrected chi connectivity index (χ4v) is 2.05. The van der Waals surface area contributed by atoms with Gasteiger partial charge in [-0.3, -0.25) is 4.79 Å². The van der Waals surface area contributed by atoms with Crippen LogP contribution in [0.4, 0.5) is 11.4 Å². The third-order valence-corrected chi connectivity index (χ3v) is 3.06. The van der Waals surface area contributed by atoms with E-state index in [0.29, 0.717) is 11.1 Å². The molecule has 0 bridgehead atoms. The Balaban J connectivity index is 2.13. The number of anilines is 2. The lowest BCUT2D eigenvalue weighted by atomic mass is 10.0. The molecule has 0 amide bonds. The van der Waals surface area contributed by atoms with Crippen molar-refractivity contribution in [1.82, 2.24) is 0 Å². The van der Waals surface area contributed by atoms with Crippen LogP contribution in [-0.4, -0.2) is 18.9 Å². The Kier molecular flexibility index (Phi) is 4.77. The third-order valence-electron chi connectivity index (χ3n) is 3.06. The van der Waals surface area contributed by atoms with Crippen LogP contribution in [0.1, 0.15) is 29.8 Å². The van der Waals surface area contributed by atoms with Crippen molar-refractivity contribution in [2.24, 2.45) is 0 Å². The molecule has 0 fully saturated rings. The Morgan fingerprint density at radius 3 is 1.40 bits per heavy atom. The fraction of sp³-hybridized carbons (Fsp3) is 0.235. The number of hydrogen-bond donors (Lipinski definition) is 2. The van der Waals surface area contributed by atoms with Crippen molar-refractivity contribution in [3.8, 4) is 0 Å². The monoisotopic (exact) mass is 268 g/mol. The van der Waals surface area contributed by atoms with E-state index in [0.717, 1.165) is 24.5 Å². The largest absolute Gasteiger partial charge is 0.385 e. The van der Waals surface area contributed by atoms with Crippen molar-refractivity contribution in [1.29, 1.82) is 0 Å². The van der Waals surface area contributed by atoms with Crippen LogP contribution in [-0.2, 0) is 0 Å². The number of benzene rings is 2. The molecule has 0 heterocycles. The molecule has 0 spiro atoms. The summed E-state index contributed by atoms with van der Waals surface area (Å²) in [5, 5.41) is 6.43. The summed E-state index contributed by atoms with van der Waals surface area (Å²) in [6, 6.07) is 15.2. The van der Waals surface area contributed by atoms with E-state index in [4.69, 9.17) is 0 Å². The van der Waals surface area contributed by atoms with Crippen LogP contribution in [0.15, 0.2) is 48.5 Å². The molecule has 0 atom stereocenters. The van der Waals surface area contributed by atoms with Gasteiger partial charge in [0.1, 0.15) is 0 Å². The van der Waals surface area contributed by atoms with E-state index in [1.165, 1.54) is 0 Å². The van der Waals surface area contributed by atoms with Crippen LogP contribution in [0.3, 0.4) is 0 Å². The first-order valence-electron chi connectivity index (χ1n) is 6.97. The van der Waals surface area contributed by atoms with Crippen LogP contribution in [0, 0.1) is 0 Å². The molecule has 2 aromatic carbocycles. The molecule has 20 heavy (non-hydrogen) atoms. The van der Waals surface area contributed by atoms with Gasteiger partial charge in [0.25, 0.3) is 0 Å². The van der Waals surface area contributed by atoms with Crippen molar-refractivity contribution in [3.63, 3.8) is 0 Å². The van der Waals surface area contributed by atoms with E-state index < -0.39 is 0 Å². The molecule has 0 saturated carbocycles. The highest BCUT2D eigenvalue weighted by Crippen LogP contribution is 2.16. The number of carbonyl (C=O) groups excluding carboxylic acids is 1. The summed E-state index contributed by atoms with van der Waals surface area (Å²) in [4.78, 5) is 12.3. The van der Waals surface area contributed by atoms with Crippen molar-refractivity contribution >= 4 is 17.2 Å². The van der Waals surface area contributed by atoms with Crippen LogP contribution >= 0.6 is 0 Å². The fourth-order valence-electron chi connectivity index (χ4n) is 2.05. The average Bonchev–Trinajstić information content (AvgIpc) is 2.49. The highest BCUT2D eigenvalue weighted by Gasteiger charge is 2.08. The molecule has 0 saturated heterocycles. The number of hydrogen-bond acceptors (Lipinski definition) is 3. The summed E-state index contributed by atoms with van der Waals surface area (Å²) >= 11 is 0. The first-order valence-corrected chi connectivity index (χ1v) is 6.97. The van der Waals surface area contributed by atoms with Crippen molar-refractivity contribution < 1.29 is 4.79 Å². The maximum atomic E-state index is 12.3. The molecular formula is C17H20N2O. The third kappa shape index (κ3) is 3.38. The number of rotatable bonds is 6. The van der Waals surface area contributed by atoms with Crippen LogP contribution in [0.25, 0.3) is 0 Å². The summed E-state index contributed by atoms with van der Waals surface area (Å²) in [5.41, 5.74) is 3.49. The van der Waals surface area contributed by atoms with E-state index in [9.17, 15) is 4.79 Å². The van der Waals surface area contributed by atoms with E-state index in [1.807, 2.05) is 62.4 Å². The summed E-state index contributed by atoms with van der Waals surface area (Å²) in [6.07, 6.45) is 0. The second-order valence-corrected chi connectivity index (χ2v) is 4.54. The Bertz CT molecular complexity index is 507. The van der Waals surface area contributed by atoms with E-state index in [1.54, 1.807) is 0 Å². The second kappa shape index (κ2) is 6.75. The average molecular weight is 268 g/mol. The summed E-state index contributed by atoms with van der Waals surface area (Å²) < 4.78 is 0. The zero-order chi connectivity index (χ0) is 14.4. The van der Waals surface area contributed by atoms with Crippen LogP contribution < -0.4 is 10.6 Å². The zero-order valence-electron chi connectivity index (χ0n) is 11.9. The number of ketones is 1. The summed E-state index contributed by atoms with van der Waals surface area (Å²) in [5.74, 6) is 0.0519. The lowest BCUT2D eigenvalue weighted by Crippen LogP contribution is -2.03. The van der Waals surface area contributed by atoms with Crippen molar-refractivity contribution in [2.45, 2.75) is 13.8 Å². The molecule has 0 unspecified atom stereocenters. The summed E-state index contributed by atoms with van der Waals surface area (Å²) in [7, 11) is 0. The molecular weight excluding hydrogens is 248 g/mol. The van der Waals surface area contributed by atoms with Crippen molar-refractivity contribution in [3.05, 3.63) is 59.7 Å². The number of nitrogens with one attached hydrogen (secondary N) is 2. The molecule has 3 nitrogen and oxygen atoms in total. The first kappa shape index (κ1) is 14.1. The minimum atomic E-state index is 0.0519.